The van der Waals surface area contributed by atoms with Crippen molar-refractivity contribution in [2.75, 3.05) is 12.3 Å². The van der Waals surface area contributed by atoms with Crippen LogP contribution in [-0.2, 0) is 0 Å². The van der Waals surface area contributed by atoms with E-state index in [1.807, 2.05) is 25.1 Å². The third-order valence-electron chi connectivity index (χ3n) is 2.63. The molecule has 2 aromatic rings. The Bertz CT molecular complexity index is 698. The quantitative estimate of drug-likeness (QED) is 0.814. The van der Waals surface area contributed by atoms with Crippen LogP contribution < -0.4 is 16.2 Å². The zero-order valence-electron chi connectivity index (χ0n) is 11.7. The van der Waals surface area contributed by atoms with E-state index in [1.54, 1.807) is 6.07 Å². The van der Waals surface area contributed by atoms with Gasteiger partial charge in [-0.3, -0.25) is 4.79 Å². The van der Waals surface area contributed by atoms with Crippen LogP contribution in [0.3, 0.4) is 0 Å². The molecule has 6 heteroatoms. The molecule has 0 bridgehead atoms. The maximum Gasteiger partial charge on any atom is 0.267 e. The van der Waals surface area contributed by atoms with E-state index in [1.165, 1.54) is 6.07 Å². The number of hydrogen-bond donors (Lipinski definition) is 2. The number of amides is 1. The fourth-order valence-electron chi connectivity index (χ4n) is 1.74. The summed E-state index contributed by atoms with van der Waals surface area (Å²) in [5.74, 6) is -0.0595. The van der Waals surface area contributed by atoms with E-state index in [9.17, 15) is 4.79 Å². The summed E-state index contributed by atoms with van der Waals surface area (Å²) in [7, 11) is 0. The van der Waals surface area contributed by atoms with Crippen molar-refractivity contribution >= 4 is 11.9 Å². The van der Waals surface area contributed by atoms with Crippen molar-refractivity contribution in [2.45, 2.75) is 6.92 Å². The molecule has 0 saturated heterocycles. The summed E-state index contributed by atoms with van der Waals surface area (Å²) in [6.45, 7) is 6.05. The molecule has 0 unspecified atom stereocenters. The topological polar surface area (TPSA) is 104 Å². The van der Waals surface area contributed by atoms with Crippen molar-refractivity contribution in [3.05, 3.63) is 48.2 Å². The van der Waals surface area contributed by atoms with Gasteiger partial charge >= 0.3 is 0 Å². The molecule has 0 spiro atoms. The summed E-state index contributed by atoms with van der Waals surface area (Å²) in [5.41, 5.74) is 13.0. The molecule has 4 N–H and O–H groups in total. The number of rotatable bonds is 5. The normalized spacial score (nSPS) is 10.1. The molecule has 1 aromatic heterocycles. The van der Waals surface area contributed by atoms with Crippen LogP contribution in [0.25, 0.3) is 11.3 Å². The highest BCUT2D eigenvalue weighted by molar-refractivity contribution is 5.92. The molecular weight excluding hydrogens is 268 g/mol. The van der Waals surface area contributed by atoms with E-state index in [-0.39, 0.29) is 11.6 Å². The molecular formula is C15H16N4O2. The van der Waals surface area contributed by atoms with Gasteiger partial charge in [0.05, 0.1) is 5.69 Å². The minimum absolute atomic E-state index is 0.0176. The van der Waals surface area contributed by atoms with Gasteiger partial charge < -0.3 is 16.2 Å². The van der Waals surface area contributed by atoms with Gasteiger partial charge in [-0.05, 0) is 30.7 Å². The van der Waals surface area contributed by atoms with Gasteiger partial charge in [0.25, 0.3) is 5.91 Å². The number of primary amides is 1. The van der Waals surface area contributed by atoms with Crippen LogP contribution in [0, 0.1) is 0 Å². The zero-order chi connectivity index (χ0) is 15.4. The van der Waals surface area contributed by atoms with Crippen molar-refractivity contribution in [3.63, 3.8) is 0 Å². The third-order valence-corrected chi connectivity index (χ3v) is 2.63. The first-order valence-corrected chi connectivity index (χ1v) is 6.28. The van der Waals surface area contributed by atoms with Crippen LogP contribution in [-0.4, -0.2) is 22.5 Å². The molecule has 1 amide bonds. The standard InChI is InChI=1S/C15H16N4O2/c1-9(2)8-21-13-6-4-3-5-10(13)11-7-12(14(16)20)19-15(17)18-11/h3-7H,1,8H2,2H3,(H2,16,20)(H2,17,18,19). The summed E-state index contributed by atoms with van der Waals surface area (Å²) in [6.07, 6.45) is 0. The average molecular weight is 284 g/mol. The first-order valence-electron chi connectivity index (χ1n) is 6.28. The second-order valence-electron chi connectivity index (χ2n) is 4.60. The number of aromatic nitrogens is 2. The number of nitrogens with zero attached hydrogens (tertiary/aromatic N) is 2. The molecule has 6 nitrogen and oxygen atoms in total. The molecule has 1 aromatic carbocycles. The summed E-state index contributed by atoms with van der Waals surface area (Å²) in [6, 6.07) is 8.80. The molecule has 21 heavy (non-hydrogen) atoms. The fourth-order valence-corrected chi connectivity index (χ4v) is 1.74. The molecule has 1 heterocycles. The van der Waals surface area contributed by atoms with Gasteiger partial charge in [-0.2, -0.15) is 0 Å². The lowest BCUT2D eigenvalue weighted by Crippen LogP contribution is -2.15. The van der Waals surface area contributed by atoms with Gasteiger partial charge in [-0.25, -0.2) is 9.97 Å². The minimum Gasteiger partial charge on any atom is -0.489 e. The summed E-state index contributed by atoms with van der Waals surface area (Å²) >= 11 is 0. The molecule has 0 aliphatic rings. The lowest BCUT2D eigenvalue weighted by molar-refractivity contribution is 0.0995. The Balaban J connectivity index is 2.46. The number of hydrogen-bond acceptors (Lipinski definition) is 5. The summed E-state index contributed by atoms with van der Waals surface area (Å²) in [4.78, 5) is 19.2. The second-order valence-corrected chi connectivity index (χ2v) is 4.60. The van der Waals surface area contributed by atoms with E-state index >= 15 is 0 Å². The van der Waals surface area contributed by atoms with Crippen molar-refractivity contribution < 1.29 is 9.53 Å². The minimum atomic E-state index is -0.661. The Morgan fingerprint density at radius 2 is 2.05 bits per heavy atom. The maximum absolute atomic E-state index is 11.3. The maximum atomic E-state index is 11.3. The molecule has 0 aliphatic heterocycles. The lowest BCUT2D eigenvalue weighted by atomic mass is 10.1. The van der Waals surface area contributed by atoms with Crippen LogP contribution in [0.5, 0.6) is 5.75 Å². The van der Waals surface area contributed by atoms with Crippen molar-refractivity contribution in [1.82, 2.24) is 9.97 Å². The highest BCUT2D eigenvalue weighted by Crippen LogP contribution is 2.29. The number of carbonyl (C=O) groups is 1. The largest absolute Gasteiger partial charge is 0.489 e. The van der Waals surface area contributed by atoms with E-state index in [0.717, 1.165) is 5.57 Å². The zero-order valence-corrected chi connectivity index (χ0v) is 11.7. The van der Waals surface area contributed by atoms with Crippen LogP contribution in [0.2, 0.25) is 0 Å². The summed E-state index contributed by atoms with van der Waals surface area (Å²) < 4.78 is 5.68. The number of benzene rings is 1. The highest BCUT2D eigenvalue weighted by atomic mass is 16.5. The van der Waals surface area contributed by atoms with Crippen LogP contribution in [0.1, 0.15) is 17.4 Å². The molecule has 2 rings (SSSR count). The summed E-state index contributed by atoms with van der Waals surface area (Å²) in [5, 5.41) is 0. The van der Waals surface area contributed by atoms with Gasteiger partial charge in [-0.15, -0.1) is 0 Å². The monoisotopic (exact) mass is 284 g/mol. The lowest BCUT2D eigenvalue weighted by Gasteiger charge is -2.11. The smallest absolute Gasteiger partial charge is 0.267 e. The number of para-hydroxylation sites is 1. The van der Waals surface area contributed by atoms with Gasteiger partial charge in [0.1, 0.15) is 18.1 Å². The van der Waals surface area contributed by atoms with Crippen LogP contribution in [0.15, 0.2) is 42.5 Å². The second kappa shape index (κ2) is 6.04. The van der Waals surface area contributed by atoms with E-state index < -0.39 is 5.91 Å². The Morgan fingerprint density at radius 3 is 2.71 bits per heavy atom. The van der Waals surface area contributed by atoms with Gasteiger partial charge in [-0.1, -0.05) is 18.7 Å². The highest BCUT2D eigenvalue weighted by Gasteiger charge is 2.12. The number of carbonyl (C=O) groups excluding carboxylic acids is 1. The molecule has 0 aliphatic carbocycles. The molecule has 0 atom stereocenters. The van der Waals surface area contributed by atoms with Crippen LogP contribution >= 0.6 is 0 Å². The SMILES string of the molecule is C=C(C)COc1ccccc1-c1cc(C(N)=O)nc(N)n1. The molecule has 108 valence electrons. The fraction of sp³-hybridized carbons (Fsp3) is 0.133. The molecule has 0 radical (unpaired) electrons. The number of anilines is 1. The van der Waals surface area contributed by atoms with Gasteiger partial charge in [0, 0.05) is 5.56 Å². The van der Waals surface area contributed by atoms with Crippen molar-refractivity contribution in [1.29, 1.82) is 0 Å². The molecule has 0 fully saturated rings. The third kappa shape index (κ3) is 3.56. The van der Waals surface area contributed by atoms with Gasteiger partial charge in [0.15, 0.2) is 0 Å². The van der Waals surface area contributed by atoms with Crippen molar-refractivity contribution in [3.8, 4) is 17.0 Å². The average Bonchev–Trinajstić information content (AvgIpc) is 2.44. The first-order chi connectivity index (χ1) is 9.97. The number of ether oxygens (including phenoxy) is 1. The van der Waals surface area contributed by atoms with Crippen LogP contribution in [0.4, 0.5) is 5.95 Å². The predicted octanol–water partition coefficient (Wildman–Crippen LogP) is 1.78. The molecule has 0 saturated carbocycles. The predicted molar refractivity (Wildman–Crippen MR) is 80.7 cm³/mol. The van der Waals surface area contributed by atoms with Crippen molar-refractivity contribution in [2.24, 2.45) is 5.73 Å². The van der Waals surface area contributed by atoms with Gasteiger partial charge in [0.2, 0.25) is 5.95 Å². The Hall–Kier alpha value is -2.89. The van der Waals surface area contributed by atoms with E-state index in [2.05, 4.69) is 16.5 Å². The number of nitrogens with two attached hydrogens (primary N) is 2. The Labute approximate surface area is 122 Å². The number of nitrogen functional groups attached to an aromatic ring is 1. The Morgan fingerprint density at radius 1 is 1.33 bits per heavy atom. The van der Waals surface area contributed by atoms with E-state index in [4.69, 9.17) is 16.2 Å². The van der Waals surface area contributed by atoms with E-state index in [0.29, 0.717) is 23.6 Å². The first kappa shape index (κ1) is 14.5. The Kier molecular flexibility index (Phi) is 4.18.